The van der Waals surface area contributed by atoms with Crippen molar-refractivity contribution in [2.45, 2.75) is 37.8 Å². The lowest BCUT2D eigenvalue weighted by atomic mass is 10.1. The molecule has 2 rings (SSSR count). The summed E-state index contributed by atoms with van der Waals surface area (Å²) in [5.41, 5.74) is 0. The van der Waals surface area contributed by atoms with Gasteiger partial charge in [0.05, 0.1) is 6.42 Å². The fourth-order valence-corrected chi connectivity index (χ4v) is 1.93. The van der Waals surface area contributed by atoms with Gasteiger partial charge in [0.2, 0.25) is 0 Å². The van der Waals surface area contributed by atoms with Crippen molar-refractivity contribution >= 4 is 11.9 Å². The Morgan fingerprint density at radius 2 is 2.08 bits per heavy atom. The van der Waals surface area contributed by atoms with Gasteiger partial charge in [0.25, 0.3) is 0 Å². The molecule has 1 amide bonds. The van der Waals surface area contributed by atoms with Crippen molar-refractivity contribution in [3.05, 3.63) is 5.21 Å². The molecule has 0 radical (unpaired) electrons. The fourth-order valence-electron chi connectivity index (χ4n) is 1.93. The zero-order valence-corrected chi connectivity index (χ0v) is 7.12. The van der Waals surface area contributed by atoms with E-state index >= 15 is 0 Å². The predicted molar refractivity (Wildman–Crippen MR) is 41.5 cm³/mol. The molecule has 2 aliphatic heterocycles. The van der Waals surface area contributed by atoms with Crippen molar-refractivity contribution in [2.24, 2.45) is 0 Å². The van der Waals surface area contributed by atoms with Gasteiger partial charge in [0.15, 0.2) is 6.10 Å². The lowest BCUT2D eigenvalue weighted by Gasteiger charge is -2.25. The highest BCUT2D eigenvalue weighted by Crippen LogP contribution is 2.20. The molecule has 1 N–H and O–H groups in total. The van der Waals surface area contributed by atoms with Gasteiger partial charge in [0.1, 0.15) is 6.04 Å². The van der Waals surface area contributed by atoms with Gasteiger partial charge in [-0.3, -0.25) is 4.79 Å². The predicted octanol–water partition coefficient (Wildman–Crippen LogP) is -1.24. The van der Waals surface area contributed by atoms with Crippen LogP contribution < -0.4 is 5.06 Å². The maximum Gasteiger partial charge on any atom is 0.312 e. The van der Waals surface area contributed by atoms with Crippen LogP contribution in [0.1, 0.15) is 25.7 Å². The van der Waals surface area contributed by atoms with Crippen LogP contribution in [0.3, 0.4) is 0 Å². The van der Waals surface area contributed by atoms with Crippen molar-refractivity contribution in [2.75, 3.05) is 0 Å². The van der Waals surface area contributed by atoms with Crippen LogP contribution in [0.5, 0.6) is 0 Å². The number of carbonyl (C=O) groups excluding carboxylic acids is 2. The Labute approximate surface area is 75.2 Å². The Morgan fingerprint density at radius 3 is 2.54 bits per heavy atom. The summed E-state index contributed by atoms with van der Waals surface area (Å²) in [5, 5.41) is 10.9. The van der Waals surface area contributed by atoms with E-state index in [1.54, 1.807) is 0 Å². The molecule has 0 spiro atoms. The third-order valence-corrected chi connectivity index (χ3v) is 2.66. The number of carbonyl (C=O) groups is 2. The molecule has 0 saturated carbocycles. The molecular formula is C8H11NO4. The number of hydrogen-bond acceptors (Lipinski definition) is 4. The minimum atomic E-state index is -0.348. The summed E-state index contributed by atoms with van der Waals surface area (Å²) in [6, 6.07) is -0.348. The first-order chi connectivity index (χ1) is 6.18. The molecule has 3 atom stereocenters. The molecule has 0 aliphatic carbocycles. The van der Waals surface area contributed by atoms with Gasteiger partial charge in [-0.05, 0) is 0 Å². The second kappa shape index (κ2) is 3.08. The number of ether oxygens (including phenoxy) is 1. The van der Waals surface area contributed by atoms with E-state index < -0.39 is 0 Å². The number of nitrogens with one attached hydrogen (secondary N) is 1. The third-order valence-electron chi connectivity index (χ3n) is 2.66. The summed E-state index contributed by atoms with van der Waals surface area (Å²) in [5.74, 6) is -0.565. The number of hydroxylamine groups is 2. The van der Waals surface area contributed by atoms with E-state index in [1.165, 1.54) is 0 Å². The minimum absolute atomic E-state index is 0.253. The second-order valence-electron chi connectivity index (χ2n) is 3.50. The highest BCUT2D eigenvalue weighted by molar-refractivity contribution is 5.72. The van der Waals surface area contributed by atoms with Crippen LogP contribution in [0.15, 0.2) is 0 Å². The summed E-state index contributed by atoms with van der Waals surface area (Å²) in [4.78, 5) is 21.7. The van der Waals surface area contributed by atoms with Crippen LogP contribution in [0.4, 0.5) is 0 Å². The Bertz CT molecular complexity index is 253. The molecule has 2 saturated heterocycles. The number of rotatable bonds is 1. The van der Waals surface area contributed by atoms with Crippen LogP contribution in [0, 0.1) is 5.21 Å². The van der Waals surface area contributed by atoms with Crippen LogP contribution >= 0.6 is 0 Å². The van der Waals surface area contributed by atoms with E-state index in [9.17, 15) is 14.8 Å². The topological polar surface area (TPSA) is 70.9 Å². The number of esters is 1. The highest BCUT2D eigenvalue weighted by Gasteiger charge is 2.41. The molecule has 2 aliphatic rings. The normalized spacial score (nSPS) is 39.6. The van der Waals surface area contributed by atoms with Gasteiger partial charge < -0.3 is 15.0 Å². The summed E-state index contributed by atoms with van der Waals surface area (Å²) >= 11 is 0. The molecular weight excluding hydrogens is 174 g/mol. The standard InChI is InChI=1S/C8H11NO4/c10-7-3-1-5(9(7)12)6-2-4-8(11)13-6/h5-6,9H,1-4H2/t5-,6-/m0/s1. The number of quaternary nitrogens is 1. The highest BCUT2D eigenvalue weighted by atomic mass is 16.6. The van der Waals surface area contributed by atoms with E-state index in [1.807, 2.05) is 0 Å². The van der Waals surface area contributed by atoms with Crippen molar-refractivity contribution in [1.82, 2.24) is 0 Å². The first-order valence-electron chi connectivity index (χ1n) is 4.45. The Hall–Kier alpha value is -0.940. The summed E-state index contributed by atoms with van der Waals surface area (Å²) < 4.78 is 4.95. The van der Waals surface area contributed by atoms with Gasteiger partial charge in [-0.25, -0.2) is 4.79 Å². The average molecular weight is 185 g/mol. The molecule has 72 valence electrons. The molecule has 0 bridgehead atoms. The molecule has 2 heterocycles. The molecule has 0 aromatic carbocycles. The molecule has 5 nitrogen and oxygen atoms in total. The average Bonchev–Trinajstić information content (AvgIpc) is 2.62. The second-order valence-corrected chi connectivity index (χ2v) is 3.50. The van der Waals surface area contributed by atoms with Crippen LogP contribution in [-0.2, 0) is 14.3 Å². The smallest absolute Gasteiger partial charge is 0.312 e. The van der Waals surface area contributed by atoms with Crippen molar-refractivity contribution in [3.8, 4) is 0 Å². The molecule has 1 unspecified atom stereocenters. The summed E-state index contributed by atoms with van der Waals surface area (Å²) in [6.07, 6.45) is 1.50. The Balaban J connectivity index is 2.02. The number of amides is 1. The molecule has 2 fully saturated rings. The molecule has 13 heavy (non-hydrogen) atoms. The van der Waals surface area contributed by atoms with Crippen molar-refractivity contribution < 1.29 is 19.4 Å². The van der Waals surface area contributed by atoms with E-state index in [0.29, 0.717) is 25.7 Å². The van der Waals surface area contributed by atoms with Crippen molar-refractivity contribution in [3.63, 3.8) is 0 Å². The molecule has 5 heteroatoms. The van der Waals surface area contributed by atoms with Gasteiger partial charge >= 0.3 is 11.9 Å². The molecule has 0 aromatic heterocycles. The summed E-state index contributed by atoms with van der Waals surface area (Å²) in [6.45, 7) is 0. The van der Waals surface area contributed by atoms with Crippen molar-refractivity contribution in [1.29, 1.82) is 0 Å². The van der Waals surface area contributed by atoms with E-state index in [2.05, 4.69) is 0 Å². The van der Waals surface area contributed by atoms with Gasteiger partial charge in [0, 0.05) is 19.3 Å². The van der Waals surface area contributed by atoms with E-state index in [0.717, 1.165) is 0 Å². The van der Waals surface area contributed by atoms with Crippen LogP contribution in [0.25, 0.3) is 0 Å². The quantitative estimate of drug-likeness (QED) is 0.410. The fraction of sp³-hybridized carbons (Fsp3) is 0.750. The van der Waals surface area contributed by atoms with Gasteiger partial charge in [-0.15, -0.1) is 0 Å². The Kier molecular flexibility index (Phi) is 2.05. The minimum Gasteiger partial charge on any atom is -0.626 e. The monoisotopic (exact) mass is 185 g/mol. The first kappa shape index (κ1) is 8.65. The zero-order chi connectivity index (χ0) is 9.42. The first-order valence-corrected chi connectivity index (χ1v) is 4.45. The maximum absolute atomic E-state index is 11.3. The van der Waals surface area contributed by atoms with Gasteiger partial charge in [-0.1, -0.05) is 0 Å². The SMILES string of the molecule is O=C1CC[C@@H]([C@@H]2CCC(=O)[NH+]2[O-])O1. The lowest BCUT2D eigenvalue weighted by molar-refractivity contribution is -0.789. The number of hydrogen-bond donors (Lipinski definition) is 1. The maximum atomic E-state index is 11.3. The summed E-state index contributed by atoms with van der Waals surface area (Å²) in [7, 11) is 0. The lowest BCUT2D eigenvalue weighted by Crippen LogP contribution is -3.12. The van der Waals surface area contributed by atoms with E-state index in [4.69, 9.17) is 4.74 Å². The largest absolute Gasteiger partial charge is 0.626 e. The third kappa shape index (κ3) is 1.45. The number of cyclic esters (lactones) is 1. The van der Waals surface area contributed by atoms with Crippen LogP contribution in [-0.4, -0.2) is 24.0 Å². The zero-order valence-electron chi connectivity index (χ0n) is 7.12. The van der Waals surface area contributed by atoms with E-state index in [-0.39, 0.29) is 29.1 Å². The van der Waals surface area contributed by atoms with Crippen LogP contribution in [0.2, 0.25) is 0 Å². The molecule has 0 aromatic rings. The Morgan fingerprint density at radius 1 is 1.31 bits per heavy atom. The van der Waals surface area contributed by atoms with Gasteiger partial charge in [-0.2, -0.15) is 0 Å².